The Hall–Kier alpha value is -1.77. The Morgan fingerprint density at radius 1 is 1.25 bits per heavy atom. The molecule has 1 heterocycles. The molecule has 1 saturated heterocycles. The summed E-state index contributed by atoms with van der Waals surface area (Å²) in [5.74, 6) is 0.125. The van der Waals surface area contributed by atoms with Gasteiger partial charge in [-0.3, -0.25) is 4.79 Å². The van der Waals surface area contributed by atoms with Gasteiger partial charge in [-0.05, 0) is 18.6 Å². The van der Waals surface area contributed by atoms with Crippen LogP contribution in [0.1, 0.15) is 6.42 Å². The van der Waals surface area contributed by atoms with Gasteiger partial charge >= 0.3 is 0 Å². The highest BCUT2D eigenvalue weighted by Crippen LogP contribution is 2.24. The van der Waals surface area contributed by atoms with Crippen molar-refractivity contribution in [3.05, 3.63) is 42.1 Å². The first kappa shape index (κ1) is 10.7. The van der Waals surface area contributed by atoms with E-state index in [0.29, 0.717) is 0 Å². The molecule has 0 N–H and O–H groups in total. The Morgan fingerprint density at radius 3 is 2.56 bits per heavy atom. The lowest BCUT2D eigenvalue weighted by atomic mass is 10.2. The summed E-state index contributed by atoms with van der Waals surface area (Å²) in [6.07, 6.45) is 2.73. The molecule has 0 spiro atoms. The van der Waals surface area contributed by atoms with Crippen LogP contribution in [0.15, 0.2) is 42.1 Å². The lowest BCUT2D eigenvalue weighted by Crippen LogP contribution is -2.24. The summed E-state index contributed by atoms with van der Waals surface area (Å²) >= 11 is 0. The minimum Gasteiger partial charge on any atom is -0.383 e. The molecule has 0 radical (unpaired) electrons. The lowest BCUT2D eigenvalue weighted by Gasteiger charge is -2.15. The molecule has 2 rings (SSSR count). The number of carbonyl (C=O) groups excluding carboxylic acids is 1. The molecule has 1 aromatic carbocycles. The molecule has 0 bridgehead atoms. The van der Waals surface area contributed by atoms with Crippen LogP contribution in [0.4, 0.5) is 5.69 Å². The Bertz CT molecular complexity index is 409. The molecule has 0 saturated carbocycles. The molecular weight excluding hydrogens is 200 g/mol. The predicted octanol–water partition coefficient (Wildman–Crippen LogP) is 1.87. The van der Waals surface area contributed by atoms with Crippen LogP contribution in [-0.4, -0.2) is 31.4 Å². The van der Waals surface area contributed by atoms with Crippen molar-refractivity contribution in [1.29, 1.82) is 0 Å². The summed E-state index contributed by atoms with van der Waals surface area (Å²) in [4.78, 5) is 15.8. The molecule has 0 atom stereocenters. The predicted molar refractivity (Wildman–Crippen MR) is 65.2 cm³/mol. The average Bonchev–Trinajstić information content (AvgIpc) is 2.61. The van der Waals surface area contributed by atoms with Gasteiger partial charge in [0.15, 0.2) is 0 Å². The third-order valence-electron chi connectivity index (χ3n) is 2.61. The zero-order valence-electron chi connectivity index (χ0n) is 9.68. The number of anilines is 1. The Labute approximate surface area is 96.0 Å². The van der Waals surface area contributed by atoms with Gasteiger partial charge in [-0.15, -0.1) is 0 Å². The highest BCUT2D eigenvalue weighted by Gasteiger charge is 2.26. The number of benzene rings is 1. The van der Waals surface area contributed by atoms with Gasteiger partial charge in [0, 0.05) is 38.1 Å². The van der Waals surface area contributed by atoms with E-state index in [1.54, 1.807) is 0 Å². The third-order valence-corrected chi connectivity index (χ3v) is 2.61. The van der Waals surface area contributed by atoms with E-state index >= 15 is 0 Å². The normalized spacial score (nSPS) is 18.2. The monoisotopic (exact) mass is 216 g/mol. The highest BCUT2D eigenvalue weighted by atomic mass is 16.2. The molecule has 1 aliphatic rings. The number of hydrogen-bond acceptors (Lipinski definition) is 2. The summed E-state index contributed by atoms with van der Waals surface area (Å²) in [5, 5.41) is 0. The molecule has 0 aliphatic carbocycles. The van der Waals surface area contributed by atoms with Crippen molar-refractivity contribution in [3.8, 4) is 0 Å². The Kier molecular flexibility index (Phi) is 2.95. The SMILES string of the molecule is CN(C)C=C1CCN(c2ccccc2)C1=O. The minimum absolute atomic E-state index is 0.125. The van der Waals surface area contributed by atoms with Crippen molar-refractivity contribution in [2.24, 2.45) is 0 Å². The topological polar surface area (TPSA) is 23.6 Å². The fourth-order valence-corrected chi connectivity index (χ4v) is 1.90. The van der Waals surface area contributed by atoms with Crippen molar-refractivity contribution in [1.82, 2.24) is 4.90 Å². The van der Waals surface area contributed by atoms with Crippen LogP contribution in [0.25, 0.3) is 0 Å². The molecule has 1 aliphatic heterocycles. The van der Waals surface area contributed by atoms with Crippen LogP contribution >= 0.6 is 0 Å². The first-order valence-electron chi connectivity index (χ1n) is 5.42. The van der Waals surface area contributed by atoms with E-state index in [1.165, 1.54) is 0 Å². The van der Waals surface area contributed by atoms with Gasteiger partial charge in [0.2, 0.25) is 0 Å². The first-order valence-corrected chi connectivity index (χ1v) is 5.42. The van der Waals surface area contributed by atoms with Crippen molar-refractivity contribution < 1.29 is 4.79 Å². The Balaban J connectivity index is 2.20. The summed E-state index contributed by atoms with van der Waals surface area (Å²) in [6.45, 7) is 0.780. The zero-order valence-corrected chi connectivity index (χ0v) is 9.68. The fourth-order valence-electron chi connectivity index (χ4n) is 1.90. The summed E-state index contributed by atoms with van der Waals surface area (Å²) < 4.78 is 0. The molecule has 3 heteroatoms. The maximum Gasteiger partial charge on any atom is 0.255 e. The van der Waals surface area contributed by atoms with E-state index in [4.69, 9.17) is 0 Å². The molecule has 1 aromatic rings. The molecule has 3 nitrogen and oxygen atoms in total. The van der Waals surface area contributed by atoms with Gasteiger partial charge in [-0.25, -0.2) is 0 Å². The van der Waals surface area contributed by atoms with E-state index in [1.807, 2.05) is 60.4 Å². The second-order valence-electron chi connectivity index (χ2n) is 4.16. The lowest BCUT2D eigenvalue weighted by molar-refractivity contribution is -0.114. The summed E-state index contributed by atoms with van der Waals surface area (Å²) in [7, 11) is 3.87. The van der Waals surface area contributed by atoms with E-state index in [9.17, 15) is 4.79 Å². The maximum atomic E-state index is 12.1. The van der Waals surface area contributed by atoms with Gasteiger partial charge in [0.05, 0.1) is 0 Å². The summed E-state index contributed by atoms with van der Waals surface area (Å²) in [6, 6.07) is 9.81. The smallest absolute Gasteiger partial charge is 0.255 e. The largest absolute Gasteiger partial charge is 0.383 e. The molecular formula is C13H16N2O. The molecule has 0 aromatic heterocycles. The van der Waals surface area contributed by atoms with Crippen LogP contribution in [0.3, 0.4) is 0 Å². The molecule has 84 valence electrons. The van der Waals surface area contributed by atoms with Gasteiger partial charge in [-0.1, -0.05) is 18.2 Å². The standard InChI is InChI=1S/C13H16N2O/c1-14(2)10-11-8-9-15(13(11)16)12-6-4-3-5-7-12/h3-7,10H,8-9H2,1-2H3. The molecule has 1 fully saturated rings. The van der Waals surface area contributed by atoms with E-state index in [-0.39, 0.29) is 5.91 Å². The number of carbonyl (C=O) groups is 1. The maximum absolute atomic E-state index is 12.1. The average molecular weight is 216 g/mol. The number of hydrogen-bond donors (Lipinski definition) is 0. The van der Waals surface area contributed by atoms with Crippen LogP contribution in [-0.2, 0) is 4.79 Å². The number of para-hydroxylation sites is 1. The number of rotatable bonds is 2. The zero-order chi connectivity index (χ0) is 11.5. The van der Waals surface area contributed by atoms with Crippen LogP contribution in [0, 0.1) is 0 Å². The van der Waals surface area contributed by atoms with Gasteiger partial charge in [0.1, 0.15) is 0 Å². The Morgan fingerprint density at radius 2 is 1.94 bits per heavy atom. The summed E-state index contributed by atoms with van der Waals surface area (Å²) in [5.41, 5.74) is 1.86. The second-order valence-corrected chi connectivity index (χ2v) is 4.16. The third kappa shape index (κ3) is 2.08. The highest BCUT2D eigenvalue weighted by molar-refractivity contribution is 6.07. The minimum atomic E-state index is 0.125. The first-order chi connectivity index (χ1) is 7.68. The van der Waals surface area contributed by atoms with Crippen LogP contribution in [0.5, 0.6) is 0 Å². The quantitative estimate of drug-likeness (QED) is 0.705. The number of amides is 1. The van der Waals surface area contributed by atoms with Crippen LogP contribution < -0.4 is 4.90 Å². The second kappa shape index (κ2) is 4.39. The van der Waals surface area contributed by atoms with Crippen molar-refractivity contribution in [2.45, 2.75) is 6.42 Å². The van der Waals surface area contributed by atoms with Crippen molar-refractivity contribution >= 4 is 11.6 Å². The van der Waals surface area contributed by atoms with E-state index < -0.39 is 0 Å². The van der Waals surface area contributed by atoms with Crippen molar-refractivity contribution in [2.75, 3.05) is 25.5 Å². The van der Waals surface area contributed by atoms with E-state index in [2.05, 4.69) is 0 Å². The molecule has 1 amide bonds. The van der Waals surface area contributed by atoms with Crippen molar-refractivity contribution in [3.63, 3.8) is 0 Å². The van der Waals surface area contributed by atoms with Gasteiger partial charge < -0.3 is 9.80 Å². The fraction of sp³-hybridized carbons (Fsp3) is 0.308. The van der Waals surface area contributed by atoms with Gasteiger partial charge in [-0.2, -0.15) is 0 Å². The van der Waals surface area contributed by atoms with Gasteiger partial charge in [0.25, 0.3) is 5.91 Å². The number of nitrogens with zero attached hydrogens (tertiary/aromatic N) is 2. The van der Waals surface area contributed by atoms with E-state index in [0.717, 1.165) is 24.2 Å². The molecule has 16 heavy (non-hydrogen) atoms. The van der Waals surface area contributed by atoms with Crippen LogP contribution in [0.2, 0.25) is 0 Å². The molecule has 0 unspecified atom stereocenters.